The molecule has 0 atom stereocenters. The second kappa shape index (κ2) is 11.7. The smallest absolute Gasteiger partial charge is 0.382 e. The lowest BCUT2D eigenvalue weighted by atomic mass is 9.92. The van der Waals surface area contributed by atoms with E-state index in [-0.39, 0.29) is 30.3 Å². The molecule has 0 radical (unpaired) electrons. The molecule has 12 heteroatoms. The topological polar surface area (TPSA) is 101 Å². The number of rotatable bonds is 7. The average Bonchev–Trinajstić information content (AvgIpc) is 2.96. The van der Waals surface area contributed by atoms with Gasteiger partial charge in [-0.15, -0.1) is 0 Å². The Hall–Kier alpha value is -3.93. The minimum absolute atomic E-state index is 0.00239. The van der Waals surface area contributed by atoms with Crippen molar-refractivity contribution in [2.45, 2.75) is 44.0 Å². The first-order valence-corrected chi connectivity index (χ1v) is 13.3. The Balaban J connectivity index is 1.05. The average molecular weight is 558 g/mol. The minimum atomic E-state index is -4.82. The number of pyridine rings is 1. The highest BCUT2D eigenvalue weighted by molar-refractivity contribution is 5.82. The first-order valence-electron chi connectivity index (χ1n) is 13.3. The molecule has 1 saturated carbocycles. The molecule has 0 bridgehead atoms. The molecule has 1 saturated heterocycles. The number of fused-ring (bicyclic) bond motifs is 1. The van der Waals surface area contributed by atoms with Gasteiger partial charge in [0.2, 0.25) is 5.91 Å². The molecule has 2 fully saturated rings. The van der Waals surface area contributed by atoms with Gasteiger partial charge in [-0.1, -0.05) is 18.2 Å². The van der Waals surface area contributed by atoms with E-state index in [0.29, 0.717) is 51.9 Å². The summed E-state index contributed by atoms with van der Waals surface area (Å²) in [7, 11) is 0. The van der Waals surface area contributed by atoms with Crippen molar-refractivity contribution in [1.29, 1.82) is 0 Å². The molecule has 0 unspecified atom stereocenters. The van der Waals surface area contributed by atoms with Gasteiger partial charge >= 0.3 is 6.18 Å². The van der Waals surface area contributed by atoms with Crippen molar-refractivity contribution in [3.8, 4) is 0 Å². The predicted octanol–water partition coefficient (Wildman–Crippen LogP) is 5.25. The number of nitrogens with one attached hydrogen (secondary N) is 1. The van der Waals surface area contributed by atoms with Crippen molar-refractivity contribution in [3.63, 3.8) is 0 Å². The number of hydrogen-bond donors (Lipinski definition) is 1. The van der Waals surface area contributed by atoms with Gasteiger partial charge in [-0.05, 0) is 49.9 Å². The third-order valence-electron chi connectivity index (χ3n) is 7.56. The van der Waals surface area contributed by atoms with Crippen molar-refractivity contribution >= 4 is 33.9 Å². The predicted molar refractivity (Wildman–Crippen MR) is 144 cm³/mol. The van der Waals surface area contributed by atoms with Gasteiger partial charge in [0.1, 0.15) is 12.2 Å². The molecular weight excluding hydrogens is 527 g/mol. The van der Waals surface area contributed by atoms with E-state index in [1.54, 1.807) is 0 Å². The van der Waals surface area contributed by atoms with Gasteiger partial charge in [-0.2, -0.15) is 13.2 Å². The maximum absolute atomic E-state index is 13.3. The van der Waals surface area contributed by atoms with E-state index in [0.717, 1.165) is 28.7 Å². The van der Waals surface area contributed by atoms with E-state index in [2.05, 4.69) is 21.3 Å². The maximum atomic E-state index is 13.3. The molecule has 1 aliphatic carbocycles. The Morgan fingerprint density at radius 3 is 2.48 bits per heavy atom. The lowest BCUT2D eigenvalue weighted by Gasteiger charge is -2.36. The SMILES string of the molecule is O=C(COC1CCC(Nc2ccc([N+](=O)[O-])c(C(F)(F)F)c2)CC1)N1CCN(c2cnc3ccccc3c2)CC1. The van der Waals surface area contributed by atoms with Crippen LogP contribution in [0.1, 0.15) is 31.2 Å². The van der Waals surface area contributed by atoms with Crippen LogP contribution in [0.5, 0.6) is 0 Å². The fraction of sp³-hybridized carbons (Fsp3) is 0.429. The van der Waals surface area contributed by atoms with Gasteiger partial charge in [0, 0.05) is 49.4 Å². The Kier molecular flexibility index (Phi) is 8.06. The lowest BCUT2D eigenvalue weighted by molar-refractivity contribution is -0.388. The van der Waals surface area contributed by atoms with E-state index < -0.39 is 22.4 Å². The second-order valence-corrected chi connectivity index (χ2v) is 10.2. The number of nitrogens with zero attached hydrogens (tertiary/aromatic N) is 4. The number of halogens is 3. The Morgan fingerprint density at radius 2 is 1.77 bits per heavy atom. The Labute approximate surface area is 229 Å². The number of nitro groups is 1. The van der Waals surface area contributed by atoms with Crippen molar-refractivity contribution < 1.29 is 27.6 Å². The molecule has 9 nitrogen and oxygen atoms in total. The molecule has 5 rings (SSSR count). The van der Waals surface area contributed by atoms with Gasteiger partial charge in [0.15, 0.2) is 0 Å². The number of benzene rings is 2. The summed E-state index contributed by atoms with van der Waals surface area (Å²) in [5.41, 5.74) is -0.0597. The molecule has 3 aromatic rings. The van der Waals surface area contributed by atoms with Crippen molar-refractivity contribution in [2.24, 2.45) is 0 Å². The number of alkyl halides is 3. The van der Waals surface area contributed by atoms with Crippen LogP contribution in [0.3, 0.4) is 0 Å². The number of para-hydroxylation sites is 1. The molecule has 212 valence electrons. The molecule has 2 aromatic carbocycles. The molecule has 1 aliphatic heterocycles. The minimum Gasteiger partial charge on any atom is -0.382 e. The van der Waals surface area contributed by atoms with Crippen molar-refractivity contribution in [1.82, 2.24) is 9.88 Å². The van der Waals surface area contributed by atoms with E-state index in [1.165, 1.54) is 6.07 Å². The van der Waals surface area contributed by atoms with Crippen LogP contribution in [-0.2, 0) is 15.7 Å². The standard InChI is InChI=1S/C28H30F3N5O4/c29-28(30,31)24-16-21(7-10-26(24)36(38)39)33-20-5-8-23(9-6-20)40-18-27(37)35-13-11-34(12-14-35)22-15-19-3-1-2-4-25(19)32-17-22/h1-4,7,10,15-17,20,23,33H,5-6,8-9,11-14,18H2. The highest BCUT2D eigenvalue weighted by Gasteiger charge is 2.38. The number of amides is 1. The van der Waals surface area contributed by atoms with Crippen LogP contribution in [-0.4, -0.2) is 65.6 Å². The van der Waals surface area contributed by atoms with E-state index in [1.807, 2.05) is 35.4 Å². The zero-order valence-electron chi connectivity index (χ0n) is 21.8. The van der Waals surface area contributed by atoms with Crippen LogP contribution in [0.2, 0.25) is 0 Å². The maximum Gasteiger partial charge on any atom is 0.423 e. The number of hydrogen-bond acceptors (Lipinski definition) is 7. The number of anilines is 2. The van der Waals surface area contributed by atoms with Gasteiger partial charge in [-0.3, -0.25) is 19.9 Å². The summed E-state index contributed by atoms with van der Waals surface area (Å²) in [4.78, 5) is 31.3. The lowest BCUT2D eigenvalue weighted by Crippen LogP contribution is -2.50. The summed E-state index contributed by atoms with van der Waals surface area (Å²) in [5.74, 6) is -0.0536. The molecule has 1 amide bonds. The number of ether oxygens (including phenoxy) is 1. The van der Waals surface area contributed by atoms with Crippen LogP contribution < -0.4 is 10.2 Å². The third kappa shape index (κ3) is 6.44. The molecular formula is C28H30F3N5O4. The Bertz CT molecular complexity index is 1370. The summed E-state index contributed by atoms with van der Waals surface area (Å²) < 4.78 is 45.7. The van der Waals surface area contributed by atoms with Crippen LogP contribution in [0.4, 0.5) is 30.2 Å². The van der Waals surface area contributed by atoms with Gasteiger partial charge in [-0.25, -0.2) is 0 Å². The van der Waals surface area contributed by atoms with Crippen LogP contribution in [0.25, 0.3) is 10.9 Å². The number of nitro benzene ring substituents is 1. The summed E-state index contributed by atoms with van der Waals surface area (Å²) in [6.07, 6.45) is -0.441. The second-order valence-electron chi connectivity index (χ2n) is 10.2. The molecule has 40 heavy (non-hydrogen) atoms. The van der Waals surface area contributed by atoms with Gasteiger partial charge in [0.05, 0.1) is 28.4 Å². The van der Waals surface area contributed by atoms with Crippen molar-refractivity contribution in [3.05, 3.63) is 70.4 Å². The quantitative estimate of drug-likeness (QED) is 0.313. The molecule has 0 spiro atoms. The van der Waals surface area contributed by atoms with Crippen LogP contribution >= 0.6 is 0 Å². The van der Waals surface area contributed by atoms with Crippen molar-refractivity contribution in [2.75, 3.05) is 43.0 Å². The van der Waals surface area contributed by atoms with E-state index in [4.69, 9.17) is 4.74 Å². The number of piperazine rings is 1. The van der Waals surface area contributed by atoms with Crippen LogP contribution in [0, 0.1) is 10.1 Å². The summed E-state index contributed by atoms with van der Waals surface area (Å²) in [6, 6.07) is 12.9. The number of aromatic nitrogens is 1. The first-order chi connectivity index (χ1) is 19.2. The molecule has 2 aliphatic rings. The number of carbonyl (C=O) groups excluding carboxylic acids is 1. The molecule has 1 aromatic heterocycles. The Morgan fingerprint density at radius 1 is 1.05 bits per heavy atom. The zero-order chi connectivity index (χ0) is 28.3. The summed E-state index contributed by atoms with van der Waals surface area (Å²) in [6.45, 7) is 2.61. The fourth-order valence-corrected chi connectivity index (χ4v) is 5.35. The molecule has 2 heterocycles. The first kappa shape index (κ1) is 27.6. The summed E-state index contributed by atoms with van der Waals surface area (Å²) in [5, 5.41) is 15.1. The number of carbonyl (C=O) groups is 1. The highest BCUT2D eigenvalue weighted by Crippen LogP contribution is 2.38. The van der Waals surface area contributed by atoms with Gasteiger partial charge in [0.25, 0.3) is 5.69 Å². The monoisotopic (exact) mass is 557 g/mol. The fourth-order valence-electron chi connectivity index (χ4n) is 5.35. The van der Waals surface area contributed by atoms with E-state index >= 15 is 0 Å². The van der Waals surface area contributed by atoms with Crippen LogP contribution in [0.15, 0.2) is 54.7 Å². The zero-order valence-corrected chi connectivity index (χ0v) is 21.8. The van der Waals surface area contributed by atoms with E-state index in [9.17, 15) is 28.1 Å². The third-order valence-corrected chi connectivity index (χ3v) is 7.56. The highest BCUT2D eigenvalue weighted by atomic mass is 19.4. The normalized spacial score (nSPS) is 20.0. The molecule has 1 N–H and O–H groups in total. The largest absolute Gasteiger partial charge is 0.423 e. The van der Waals surface area contributed by atoms with Gasteiger partial charge < -0.3 is 19.9 Å². The summed E-state index contributed by atoms with van der Waals surface area (Å²) >= 11 is 0.